The molecular weight excluding hydrogens is 268 g/mol. The van der Waals surface area contributed by atoms with Gasteiger partial charge in [0.25, 0.3) is 0 Å². The summed E-state index contributed by atoms with van der Waals surface area (Å²) in [5, 5.41) is 11.6. The molecule has 1 aromatic carbocycles. The third kappa shape index (κ3) is 3.94. The van der Waals surface area contributed by atoms with Crippen molar-refractivity contribution in [3.05, 3.63) is 28.8 Å². The summed E-state index contributed by atoms with van der Waals surface area (Å²) in [5.41, 5.74) is 5.72. The van der Waals surface area contributed by atoms with Crippen molar-refractivity contribution in [3.63, 3.8) is 0 Å². The summed E-state index contributed by atoms with van der Waals surface area (Å²) in [4.78, 5) is 22.8. The van der Waals surface area contributed by atoms with Crippen LogP contribution in [0, 0.1) is 5.41 Å². The fourth-order valence-corrected chi connectivity index (χ4v) is 1.58. The highest BCUT2D eigenvalue weighted by Crippen LogP contribution is 2.22. The van der Waals surface area contributed by atoms with Gasteiger partial charge in [0.1, 0.15) is 0 Å². The number of aromatic carboxylic acids is 1. The molecule has 5 nitrogen and oxygen atoms in total. The van der Waals surface area contributed by atoms with Gasteiger partial charge in [-0.15, -0.1) is 0 Å². The zero-order valence-corrected chi connectivity index (χ0v) is 11.8. The lowest BCUT2D eigenvalue weighted by Crippen LogP contribution is -2.45. The Bertz CT molecular complexity index is 509. The maximum Gasteiger partial charge on any atom is 0.337 e. The Hall–Kier alpha value is -1.59. The van der Waals surface area contributed by atoms with Gasteiger partial charge in [-0.3, -0.25) is 4.79 Å². The first-order chi connectivity index (χ1) is 8.62. The molecule has 6 heteroatoms. The fraction of sp³-hybridized carbons (Fsp3) is 0.385. The van der Waals surface area contributed by atoms with Crippen molar-refractivity contribution in [2.24, 2.45) is 11.1 Å². The number of hydrogen-bond acceptors (Lipinski definition) is 3. The monoisotopic (exact) mass is 284 g/mol. The number of halogens is 1. The Kier molecular flexibility index (Phi) is 4.55. The van der Waals surface area contributed by atoms with E-state index in [9.17, 15) is 9.59 Å². The standard InChI is InChI=1S/C13H17ClN2O3/c1-13(2,3)10(15)11(17)16-7-4-5-9(14)8(6-7)12(18)19/h4-6,10H,15H2,1-3H3,(H,16,17)(H,18,19). The number of carboxylic acid groups (broad SMARTS) is 1. The molecule has 0 spiro atoms. The van der Waals surface area contributed by atoms with Crippen molar-refractivity contribution in [2.75, 3.05) is 5.32 Å². The molecule has 0 saturated heterocycles. The van der Waals surface area contributed by atoms with Gasteiger partial charge in [-0.25, -0.2) is 4.79 Å². The third-order valence-electron chi connectivity index (χ3n) is 2.68. The second kappa shape index (κ2) is 5.59. The summed E-state index contributed by atoms with van der Waals surface area (Å²) in [6, 6.07) is 3.56. The second-order valence-electron chi connectivity index (χ2n) is 5.33. The van der Waals surface area contributed by atoms with E-state index in [1.54, 1.807) is 0 Å². The van der Waals surface area contributed by atoms with Crippen LogP contribution in [-0.2, 0) is 4.79 Å². The topological polar surface area (TPSA) is 92.4 Å². The molecule has 1 aromatic rings. The summed E-state index contributed by atoms with van der Waals surface area (Å²) in [7, 11) is 0. The maximum atomic E-state index is 11.9. The van der Waals surface area contributed by atoms with E-state index in [1.807, 2.05) is 20.8 Å². The molecule has 19 heavy (non-hydrogen) atoms. The molecule has 1 amide bonds. The van der Waals surface area contributed by atoms with Crippen LogP contribution in [0.1, 0.15) is 31.1 Å². The number of carbonyl (C=O) groups is 2. The predicted molar refractivity (Wildman–Crippen MR) is 74.5 cm³/mol. The zero-order chi connectivity index (χ0) is 14.8. The lowest BCUT2D eigenvalue weighted by molar-refractivity contribution is -0.119. The van der Waals surface area contributed by atoms with E-state index in [0.717, 1.165) is 0 Å². The third-order valence-corrected chi connectivity index (χ3v) is 3.01. The Balaban J connectivity index is 2.92. The summed E-state index contributed by atoms with van der Waals surface area (Å²) in [5.74, 6) is -1.52. The van der Waals surface area contributed by atoms with Gasteiger partial charge < -0.3 is 16.2 Å². The van der Waals surface area contributed by atoms with Crippen LogP contribution >= 0.6 is 11.6 Å². The number of amides is 1. The molecule has 0 radical (unpaired) electrons. The molecule has 1 unspecified atom stereocenters. The number of anilines is 1. The number of benzene rings is 1. The Labute approximate surface area is 116 Å². The van der Waals surface area contributed by atoms with Gasteiger partial charge in [-0.1, -0.05) is 32.4 Å². The second-order valence-corrected chi connectivity index (χ2v) is 5.74. The van der Waals surface area contributed by atoms with Crippen LogP contribution in [0.3, 0.4) is 0 Å². The number of nitrogens with two attached hydrogens (primary N) is 1. The summed E-state index contributed by atoms with van der Waals surface area (Å²) >= 11 is 5.74. The lowest BCUT2D eigenvalue weighted by atomic mass is 9.87. The van der Waals surface area contributed by atoms with Crippen LogP contribution < -0.4 is 11.1 Å². The number of carboxylic acids is 1. The van der Waals surface area contributed by atoms with Crippen molar-refractivity contribution >= 4 is 29.2 Å². The minimum atomic E-state index is -1.15. The van der Waals surface area contributed by atoms with Crippen LogP contribution in [0.15, 0.2) is 18.2 Å². The molecule has 0 aliphatic heterocycles. The smallest absolute Gasteiger partial charge is 0.337 e. The van der Waals surface area contributed by atoms with Gasteiger partial charge in [0.05, 0.1) is 16.6 Å². The normalized spacial score (nSPS) is 12.9. The van der Waals surface area contributed by atoms with Crippen molar-refractivity contribution < 1.29 is 14.7 Å². The number of hydrogen-bond donors (Lipinski definition) is 3. The maximum absolute atomic E-state index is 11.9. The molecule has 0 aromatic heterocycles. The van der Waals surface area contributed by atoms with Crippen LogP contribution in [0.4, 0.5) is 5.69 Å². The summed E-state index contributed by atoms with van der Waals surface area (Å²) in [6.45, 7) is 5.55. The average molecular weight is 285 g/mol. The van der Waals surface area contributed by atoms with Crippen molar-refractivity contribution in [2.45, 2.75) is 26.8 Å². The molecule has 1 atom stereocenters. The lowest BCUT2D eigenvalue weighted by Gasteiger charge is -2.25. The van der Waals surface area contributed by atoms with E-state index in [0.29, 0.717) is 5.69 Å². The van der Waals surface area contributed by atoms with Crippen LogP contribution in [-0.4, -0.2) is 23.0 Å². The van der Waals surface area contributed by atoms with Crippen molar-refractivity contribution in [3.8, 4) is 0 Å². The van der Waals surface area contributed by atoms with Gasteiger partial charge in [0, 0.05) is 5.69 Å². The number of rotatable bonds is 3. The molecule has 0 bridgehead atoms. The average Bonchev–Trinajstić information content (AvgIpc) is 2.29. The van der Waals surface area contributed by atoms with E-state index >= 15 is 0 Å². The van der Waals surface area contributed by atoms with Gasteiger partial charge in [0.15, 0.2) is 0 Å². The molecule has 0 aliphatic rings. The molecule has 0 saturated carbocycles. The number of carbonyl (C=O) groups excluding carboxylic acids is 1. The molecule has 104 valence electrons. The highest BCUT2D eigenvalue weighted by molar-refractivity contribution is 6.33. The van der Waals surface area contributed by atoms with Gasteiger partial charge >= 0.3 is 5.97 Å². The first kappa shape index (κ1) is 15.5. The minimum Gasteiger partial charge on any atom is -0.478 e. The zero-order valence-electron chi connectivity index (χ0n) is 11.0. The Morgan fingerprint density at radius 3 is 2.42 bits per heavy atom. The van der Waals surface area contributed by atoms with Gasteiger partial charge in [-0.2, -0.15) is 0 Å². The van der Waals surface area contributed by atoms with Crippen LogP contribution in [0.2, 0.25) is 5.02 Å². The van der Waals surface area contributed by atoms with E-state index in [4.69, 9.17) is 22.4 Å². The largest absolute Gasteiger partial charge is 0.478 e. The van der Waals surface area contributed by atoms with Crippen LogP contribution in [0.25, 0.3) is 0 Å². The molecule has 0 aliphatic carbocycles. The minimum absolute atomic E-state index is 0.0659. The predicted octanol–water partition coefficient (Wildman–Crippen LogP) is 2.35. The van der Waals surface area contributed by atoms with Gasteiger partial charge in [0.2, 0.25) is 5.91 Å². The van der Waals surface area contributed by atoms with E-state index in [2.05, 4.69) is 5.32 Å². The Morgan fingerprint density at radius 2 is 1.95 bits per heavy atom. The highest BCUT2D eigenvalue weighted by Gasteiger charge is 2.27. The first-order valence-corrected chi connectivity index (χ1v) is 6.10. The fourth-order valence-electron chi connectivity index (χ4n) is 1.38. The molecular formula is C13H17ClN2O3. The first-order valence-electron chi connectivity index (χ1n) is 5.72. The highest BCUT2D eigenvalue weighted by atomic mass is 35.5. The van der Waals surface area contributed by atoms with Crippen molar-refractivity contribution in [1.29, 1.82) is 0 Å². The molecule has 1 rings (SSSR count). The van der Waals surface area contributed by atoms with Crippen LogP contribution in [0.5, 0.6) is 0 Å². The van der Waals surface area contributed by atoms with E-state index < -0.39 is 12.0 Å². The summed E-state index contributed by atoms with van der Waals surface area (Å²) < 4.78 is 0. The SMILES string of the molecule is CC(C)(C)C(N)C(=O)Nc1ccc(Cl)c(C(=O)O)c1. The van der Waals surface area contributed by atoms with E-state index in [1.165, 1.54) is 18.2 Å². The number of nitrogens with one attached hydrogen (secondary N) is 1. The summed E-state index contributed by atoms with van der Waals surface area (Å²) in [6.07, 6.45) is 0. The molecule has 0 heterocycles. The van der Waals surface area contributed by atoms with E-state index in [-0.39, 0.29) is 21.9 Å². The van der Waals surface area contributed by atoms with Crippen molar-refractivity contribution in [1.82, 2.24) is 0 Å². The quantitative estimate of drug-likeness (QED) is 0.794. The Morgan fingerprint density at radius 1 is 1.37 bits per heavy atom. The molecule has 4 N–H and O–H groups in total. The van der Waals surface area contributed by atoms with Gasteiger partial charge in [-0.05, 0) is 23.6 Å². The molecule has 0 fully saturated rings.